The van der Waals surface area contributed by atoms with Crippen LogP contribution < -0.4 is 5.32 Å². The van der Waals surface area contributed by atoms with E-state index in [1.165, 1.54) is 0 Å². The van der Waals surface area contributed by atoms with Crippen LogP contribution in [-0.4, -0.2) is 39.6 Å². The largest absolute Gasteiger partial charge is 0.339 e. The second-order valence-electron chi connectivity index (χ2n) is 6.24. The maximum absolute atomic E-state index is 12.3. The van der Waals surface area contributed by atoms with Gasteiger partial charge in [0.15, 0.2) is 0 Å². The summed E-state index contributed by atoms with van der Waals surface area (Å²) in [5.41, 5.74) is 1.71. The molecule has 3 rings (SSSR count). The molecule has 1 N–H and O–H groups in total. The van der Waals surface area contributed by atoms with Crippen molar-refractivity contribution in [1.29, 1.82) is 0 Å². The zero-order valence-electron chi connectivity index (χ0n) is 14.3. The maximum atomic E-state index is 12.3. The highest BCUT2D eigenvalue weighted by molar-refractivity contribution is 5.93. The third-order valence-corrected chi connectivity index (χ3v) is 4.37. The summed E-state index contributed by atoms with van der Waals surface area (Å²) < 4.78 is 1.65. The molecule has 25 heavy (non-hydrogen) atoms. The van der Waals surface area contributed by atoms with Gasteiger partial charge in [0.05, 0.1) is 11.9 Å². The van der Waals surface area contributed by atoms with Gasteiger partial charge in [-0.3, -0.25) is 14.3 Å². The van der Waals surface area contributed by atoms with Crippen LogP contribution in [0.1, 0.15) is 18.4 Å². The van der Waals surface area contributed by atoms with Gasteiger partial charge in [-0.15, -0.1) is 0 Å². The minimum atomic E-state index is -0.0673. The van der Waals surface area contributed by atoms with Crippen molar-refractivity contribution >= 4 is 23.6 Å². The van der Waals surface area contributed by atoms with E-state index in [4.69, 9.17) is 0 Å². The molecule has 1 aliphatic heterocycles. The molecule has 0 bridgehead atoms. The Labute approximate surface area is 147 Å². The number of amides is 2. The van der Waals surface area contributed by atoms with Gasteiger partial charge in [0, 0.05) is 38.3 Å². The molecule has 6 nitrogen and oxygen atoms in total. The first-order valence-electron chi connectivity index (χ1n) is 8.43. The predicted octanol–water partition coefficient (Wildman–Crippen LogP) is 2.31. The number of hydrogen-bond acceptors (Lipinski definition) is 3. The Morgan fingerprint density at radius 1 is 1.20 bits per heavy atom. The number of nitrogens with zero attached hydrogens (tertiary/aromatic N) is 3. The number of anilines is 1. The van der Waals surface area contributed by atoms with Crippen LogP contribution in [-0.2, 0) is 16.6 Å². The van der Waals surface area contributed by atoms with Crippen molar-refractivity contribution < 1.29 is 9.59 Å². The van der Waals surface area contributed by atoms with Crippen molar-refractivity contribution in [2.45, 2.75) is 12.8 Å². The molecule has 0 saturated carbocycles. The van der Waals surface area contributed by atoms with Gasteiger partial charge < -0.3 is 10.2 Å². The average Bonchev–Trinajstić information content (AvgIpc) is 3.05. The molecule has 1 aromatic heterocycles. The molecule has 2 aromatic rings. The summed E-state index contributed by atoms with van der Waals surface area (Å²) in [4.78, 5) is 26.4. The molecule has 0 aliphatic carbocycles. The van der Waals surface area contributed by atoms with Crippen molar-refractivity contribution in [2.75, 3.05) is 18.4 Å². The van der Waals surface area contributed by atoms with E-state index in [1.807, 2.05) is 43.5 Å². The number of carbonyl (C=O) groups is 2. The quantitative estimate of drug-likeness (QED) is 0.870. The zero-order valence-corrected chi connectivity index (χ0v) is 14.3. The Bertz CT molecular complexity index is 759. The van der Waals surface area contributed by atoms with Crippen LogP contribution in [0.4, 0.5) is 5.69 Å². The maximum Gasteiger partial charge on any atom is 0.246 e. The third kappa shape index (κ3) is 4.56. The fourth-order valence-electron chi connectivity index (χ4n) is 2.93. The number of hydrogen-bond donors (Lipinski definition) is 1. The van der Waals surface area contributed by atoms with Crippen molar-refractivity contribution in [3.8, 4) is 0 Å². The van der Waals surface area contributed by atoms with Crippen LogP contribution in [0.25, 0.3) is 6.08 Å². The summed E-state index contributed by atoms with van der Waals surface area (Å²) in [6.45, 7) is 1.20. The van der Waals surface area contributed by atoms with Gasteiger partial charge in [0.1, 0.15) is 0 Å². The highest BCUT2D eigenvalue weighted by Crippen LogP contribution is 2.19. The lowest BCUT2D eigenvalue weighted by molar-refractivity contribution is -0.130. The molecular formula is C19H22N4O2. The normalized spacial score (nSPS) is 15.5. The Morgan fingerprint density at radius 2 is 1.92 bits per heavy atom. The topological polar surface area (TPSA) is 67.2 Å². The van der Waals surface area contributed by atoms with E-state index in [1.54, 1.807) is 28.1 Å². The number of benzene rings is 1. The summed E-state index contributed by atoms with van der Waals surface area (Å²) in [5, 5.41) is 6.92. The first-order valence-corrected chi connectivity index (χ1v) is 8.43. The smallest absolute Gasteiger partial charge is 0.246 e. The third-order valence-electron chi connectivity index (χ3n) is 4.37. The van der Waals surface area contributed by atoms with E-state index in [9.17, 15) is 9.59 Å². The molecule has 6 heteroatoms. The van der Waals surface area contributed by atoms with Crippen LogP contribution in [0.3, 0.4) is 0 Å². The Morgan fingerprint density at radius 3 is 2.56 bits per heavy atom. The number of nitrogens with one attached hydrogen (secondary N) is 1. The van der Waals surface area contributed by atoms with E-state index in [0.717, 1.165) is 5.56 Å². The Kier molecular flexibility index (Phi) is 5.28. The lowest BCUT2D eigenvalue weighted by Gasteiger charge is -2.30. The molecule has 2 heterocycles. The van der Waals surface area contributed by atoms with Gasteiger partial charge >= 0.3 is 0 Å². The van der Waals surface area contributed by atoms with Gasteiger partial charge in [-0.25, -0.2) is 0 Å². The molecule has 0 spiro atoms. The summed E-state index contributed by atoms with van der Waals surface area (Å²) in [6.07, 6.45) is 8.18. The van der Waals surface area contributed by atoms with Gasteiger partial charge in [-0.05, 0) is 24.5 Å². The first-order chi connectivity index (χ1) is 12.1. The SMILES string of the molecule is Cn1cc(NC(=O)C2CCN(C(=O)/C=C/c3ccccc3)CC2)cn1. The monoisotopic (exact) mass is 338 g/mol. The van der Waals surface area contributed by atoms with Gasteiger partial charge in [-0.1, -0.05) is 30.3 Å². The average molecular weight is 338 g/mol. The molecule has 2 amide bonds. The number of carbonyl (C=O) groups excluding carboxylic acids is 2. The summed E-state index contributed by atoms with van der Waals surface area (Å²) >= 11 is 0. The number of likely N-dealkylation sites (tertiary alicyclic amines) is 1. The first kappa shape index (κ1) is 17.0. The molecule has 0 atom stereocenters. The molecule has 0 radical (unpaired) electrons. The van der Waals surface area contributed by atoms with Crippen molar-refractivity contribution in [3.63, 3.8) is 0 Å². The predicted molar refractivity (Wildman–Crippen MR) is 96.6 cm³/mol. The van der Waals surface area contributed by atoms with E-state index < -0.39 is 0 Å². The van der Waals surface area contributed by atoms with E-state index in [2.05, 4.69) is 10.4 Å². The van der Waals surface area contributed by atoms with E-state index in [-0.39, 0.29) is 17.7 Å². The molecular weight excluding hydrogens is 316 g/mol. The fraction of sp³-hybridized carbons (Fsp3) is 0.316. The fourth-order valence-corrected chi connectivity index (χ4v) is 2.93. The van der Waals surface area contributed by atoms with Crippen LogP contribution in [0, 0.1) is 5.92 Å². The highest BCUT2D eigenvalue weighted by Gasteiger charge is 2.26. The molecule has 0 unspecified atom stereocenters. The van der Waals surface area contributed by atoms with Crippen LogP contribution in [0.2, 0.25) is 0 Å². The number of piperidine rings is 1. The van der Waals surface area contributed by atoms with Crippen molar-refractivity contribution in [3.05, 3.63) is 54.4 Å². The number of aryl methyl sites for hydroxylation is 1. The van der Waals surface area contributed by atoms with Gasteiger partial charge in [0.2, 0.25) is 11.8 Å². The lowest BCUT2D eigenvalue weighted by atomic mass is 9.95. The van der Waals surface area contributed by atoms with Gasteiger partial charge in [-0.2, -0.15) is 5.10 Å². The van der Waals surface area contributed by atoms with Gasteiger partial charge in [0.25, 0.3) is 0 Å². The van der Waals surface area contributed by atoms with Crippen molar-refractivity contribution in [1.82, 2.24) is 14.7 Å². The van der Waals surface area contributed by atoms with Crippen molar-refractivity contribution in [2.24, 2.45) is 13.0 Å². The number of rotatable bonds is 4. The zero-order chi connectivity index (χ0) is 17.6. The van der Waals surface area contributed by atoms with Crippen LogP contribution in [0.15, 0.2) is 48.8 Å². The van der Waals surface area contributed by atoms with Crippen LogP contribution in [0.5, 0.6) is 0 Å². The molecule has 1 saturated heterocycles. The minimum absolute atomic E-state index is 0.0000679. The second kappa shape index (κ2) is 7.79. The second-order valence-corrected chi connectivity index (χ2v) is 6.24. The van der Waals surface area contributed by atoms with E-state index in [0.29, 0.717) is 31.6 Å². The standard InChI is InChI=1S/C19H22N4O2/c1-22-14-17(13-20-22)21-19(25)16-9-11-23(12-10-16)18(24)8-7-15-5-3-2-4-6-15/h2-8,13-14,16H,9-12H2,1H3,(H,21,25)/b8-7+. The molecule has 1 fully saturated rings. The lowest BCUT2D eigenvalue weighted by Crippen LogP contribution is -2.40. The molecule has 1 aliphatic rings. The molecule has 1 aromatic carbocycles. The Hall–Kier alpha value is -2.89. The summed E-state index contributed by atoms with van der Waals surface area (Å²) in [5.74, 6) is -0.0720. The summed E-state index contributed by atoms with van der Waals surface area (Å²) in [7, 11) is 1.81. The van der Waals surface area contributed by atoms with Crippen LogP contribution >= 0.6 is 0 Å². The Balaban J connectivity index is 1.48. The summed E-state index contributed by atoms with van der Waals surface area (Å²) in [6, 6.07) is 9.74. The molecule has 130 valence electrons. The van der Waals surface area contributed by atoms with E-state index >= 15 is 0 Å². The highest BCUT2D eigenvalue weighted by atomic mass is 16.2. The number of aromatic nitrogens is 2. The minimum Gasteiger partial charge on any atom is -0.339 e.